The predicted octanol–water partition coefficient (Wildman–Crippen LogP) is 1.19. The fourth-order valence-corrected chi connectivity index (χ4v) is 2.30. The van der Waals surface area contributed by atoms with E-state index in [0.717, 1.165) is 30.2 Å². The van der Waals surface area contributed by atoms with E-state index >= 15 is 0 Å². The molecule has 104 valence electrons. The lowest BCUT2D eigenvalue weighted by Crippen LogP contribution is -2.28. The van der Waals surface area contributed by atoms with Crippen molar-refractivity contribution in [2.75, 3.05) is 23.7 Å². The molecule has 0 saturated carbocycles. The molecule has 0 atom stereocenters. The second-order valence-corrected chi connectivity index (χ2v) is 4.71. The van der Waals surface area contributed by atoms with Crippen molar-refractivity contribution in [3.63, 3.8) is 0 Å². The minimum Gasteiger partial charge on any atom is -0.382 e. The van der Waals surface area contributed by atoms with Crippen molar-refractivity contribution in [1.29, 1.82) is 0 Å². The van der Waals surface area contributed by atoms with Gasteiger partial charge in [0.1, 0.15) is 0 Å². The summed E-state index contributed by atoms with van der Waals surface area (Å²) in [7, 11) is 1.86. The van der Waals surface area contributed by atoms with E-state index in [9.17, 15) is 4.79 Å². The third-order valence-electron chi connectivity index (χ3n) is 3.40. The molecule has 1 amide bonds. The van der Waals surface area contributed by atoms with E-state index in [1.54, 1.807) is 10.9 Å². The third-order valence-corrected chi connectivity index (χ3v) is 3.40. The van der Waals surface area contributed by atoms with Crippen LogP contribution in [-0.2, 0) is 13.6 Å². The Hall–Kier alpha value is -2.50. The highest BCUT2D eigenvalue weighted by atomic mass is 16.1. The van der Waals surface area contributed by atoms with Gasteiger partial charge in [0, 0.05) is 26.3 Å². The summed E-state index contributed by atoms with van der Waals surface area (Å²) in [4.78, 5) is 12.3. The summed E-state index contributed by atoms with van der Waals surface area (Å²) in [5, 5.41) is 13.6. The Kier molecular flexibility index (Phi) is 3.28. The first-order valence-electron chi connectivity index (χ1n) is 6.61. The molecule has 1 aromatic carbocycles. The van der Waals surface area contributed by atoms with Gasteiger partial charge in [-0.15, -0.1) is 0 Å². The number of rotatable bonds is 3. The number of anilines is 2. The molecule has 0 spiro atoms. The SMILES string of the molecule is Cn1nccc1CNC(=O)c1cccc2c1NCCN2. The van der Waals surface area contributed by atoms with Gasteiger partial charge in [-0.2, -0.15) is 5.10 Å². The summed E-state index contributed by atoms with van der Waals surface area (Å²) in [6, 6.07) is 7.58. The molecule has 0 unspecified atom stereocenters. The van der Waals surface area contributed by atoms with Crippen LogP contribution in [0.2, 0.25) is 0 Å². The van der Waals surface area contributed by atoms with Gasteiger partial charge in [0.25, 0.3) is 5.91 Å². The van der Waals surface area contributed by atoms with Gasteiger partial charge in [0.15, 0.2) is 0 Å². The summed E-state index contributed by atoms with van der Waals surface area (Å²) in [6.07, 6.45) is 1.72. The second kappa shape index (κ2) is 5.24. The second-order valence-electron chi connectivity index (χ2n) is 4.71. The Morgan fingerprint density at radius 3 is 3.00 bits per heavy atom. The molecule has 2 aromatic rings. The van der Waals surface area contributed by atoms with E-state index in [-0.39, 0.29) is 5.91 Å². The number of benzene rings is 1. The summed E-state index contributed by atoms with van der Waals surface area (Å²) >= 11 is 0. The number of amides is 1. The van der Waals surface area contributed by atoms with Gasteiger partial charge in [0.05, 0.1) is 29.2 Å². The number of carbonyl (C=O) groups excluding carboxylic acids is 1. The molecular formula is C14H17N5O. The molecule has 2 heterocycles. The summed E-state index contributed by atoms with van der Waals surface area (Å²) in [5.41, 5.74) is 3.48. The summed E-state index contributed by atoms with van der Waals surface area (Å²) in [6.45, 7) is 2.15. The van der Waals surface area contributed by atoms with E-state index in [4.69, 9.17) is 0 Å². The number of hydrogen-bond donors (Lipinski definition) is 3. The van der Waals surface area contributed by atoms with Crippen LogP contribution in [-0.4, -0.2) is 28.8 Å². The number of aryl methyl sites for hydroxylation is 1. The molecule has 1 aliphatic rings. The summed E-state index contributed by atoms with van der Waals surface area (Å²) < 4.78 is 1.75. The molecule has 0 aliphatic carbocycles. The predicted molar refractivity (Wildman–Crippen MR) is 77.8 cm³/mol. The van der Waals surface area contributed by atoms with Crippen LogP contribution in [0.3, 0.4) is 0 Å². The van der Waals surface area contributed by atoms with Gasteiger partial charge >= 0.3 is 0 Å². The maximum atomic E-state index is 12.3. The van der Waals surface area contributed by atoms with Crippen molar-refractivity contribution in [2.45, 2.75) is 6.54 Å². The quantitative estimate of drug-likeness (QED) is 0.784. The van der Waals surface area contributed by atoms with E-state index in [0.29, 0.717) is 12.1 Å². The van der Waals surface area contributed by atoms with Crippen molar-refractivity contribution >= 4 is 17.3 Å². The van der Waals surface area contributed by atoms with Gasteiger partial charge in [-0.1, -0.05) is 6.07 Å². The average molecular weight is 271 g/mol. The number of carbonyl (C=O) groups is 1. The largest absolute Gasteiger partial charge is 0.382 e. The number of fused-ring (bicyclic) bond motifs is 1. The first-order chi connectivity index (χ1) is 9.75. The monoisotopic (exact) mass is 271 g/mol. The maximum absolute atomic E-state index is 12.3. The minimum atomic E-state index is -0.0840. The Morgan fingerprint density at radius 1 is 1.35 bits per heavy atom. The van der Waals surface area contributed by atoms with Gasteiger partial charge in [-0.3, -0.25) is 9.48 Å². The average Bonchev–Trinajstić information content (AvgIpc) is 2.89. The van der Waals surface area contributed by atoms with Crippen LogP contribution in [0.1, 0.15) is 16.1 Å². The standard InChI is InChI=1S/C14H17N5O/c1-19-10(5-6-18-19)9-17-14(20)11-3-2-4-12-13(11)16-8-7-15-12/h2-6,15-16H,7-9H2,1H3,(H,17,20). The Labute approximate surface area is 117 Å². The Bertz CT molecular complexity index is 634. The van der Waals surface area contributed by atoms with Crippen LogP contribution in [0.25, 0.3) is 0 Å². The van der Waals surface area contributed by atoms with Crippen molar-refractivity contribution in [3.05, 3.63) is 41.7 Å². The molecule has 0 fully saturated rings. The highest BCUT2D eigenvalue weighted by Gasteiger charge is 2.17. The molecule has 3 N–H and O–H groups in total. The topological polar surface area (TPSA) is 71.0 Å². The van der Waals surface area contributed by atoms with Crippen LogP contribution < -0.4 is 16.0 Å². The number of hydrogen-bond acceptors (Lipinski definition) is 4. The molecule has 0 saturated heterocycles. The molecule has 3 rings (SSSR count). The summed E-state index contributed by atoms with van der Waals surface area (Å²) in [5.74, 6) is -0.0840. The maximum Gasteiger partial charge on any atom is 0.253 e. The van der Waals surface area contributed by atoms with E-state index in [2.05, 4.69) is 21.0 Å². The number of nitrogens with zero attached hydrogens (tertiary/aromatic N) is 2. The highest BCUT2D eigenvalue weighted by Crippen LogP contribution is 2.28. The van der Waals surface area contributed by atoms with Gasteiger partial charge < -0.3 is 16.0 Å². The third kappa shape index (κ3) is 2.32. The van der Waals surface area contributed by atoms with Gasteiger partial charge in [0.2, 0.25) is 0 Å². The Morgan fingerprint density at radius 2 is 2.20 bits per heavy atom. The smallest absolute Gasteiger partial charge is 0.253 e. The highest BCUT2D eigenvalue weighted by molar-refractivity contribution is 6.02. The molecule has 6 nitrogen and oxygen atoms in total. The van der Waals surface area contributed by atoms with Crippen molar-refractivity contribution in [2.24, 2.45) is 7.05 Å². The number of nitrogens with one attached hydrogen (secondary N) is 3. The molecule has 6 heteroatoms. The lowest BCUT2D eigenvalue weighted by atomic mass is 10.1. The molecule has 1 aliphatic heterocycles. The normalized spacial score (nSPS) is 13.1. The van der Waals surface area contributed by atoms with Crippen molar-refractivity contribution in [3.8, 4) is 0 Å². The first-order valence-corrected chi connectivity index (χ1v) is 6.61. The van der Waals surface area contributed by atoms with Crippen molar-refractivity contribution in [1.82, 2.24) is 15.1 Å². The molecule has 20 heavy (non-hydrogen) atoms. The van der Waals surface area contributed by atoms with Gasteiger partial charge in [-0.25, -0.2) is 0 Å². The van der Waals surface area contributed by atoms with Crippen LogP contribution in [0, 0.1) is 0 Å². The fourth-order valence-electron chi connectivity index (χ4n) is 2.30. The first kappa shape index (κ1) is 12.5. The molecule has 0 radical (unpaired) electrons. The fraction of sp³-hybridized carbons (Fsp3) is 0.286. The van der Waals surface area contributed by atoms with E-state index in [1.807, 2.05) is 31.3 Å². The zero-order valence-electron chi connectivity index (χ0n) is 11.3. The van der Waals surface area contributed by atoms with Crippen LogP contribution in [0.15, 0.2) is 30.5 Å². The molecular weight excluding hydrogens is 254 g/mol. The zero-order valence-corrected chi connectivity index (χ0v) is 11.3. The van der Waals surface area contributed by atoms with E-state index in [1.165, 1.54) is 0 Å². The van der Waals surface area contributed by atoms with Crippen LogP contribution in [0.4, 0.5) is 11.4 Å². The zero-order chi connectivity index (χ0) is 13.9. The van der Waals surface area contributed by atoms with Crippen molar-refractivity contribution < 1.29 is 4.79 Å². The van der Waals surface area contributed by atoms with Gasteiger partial charge in [-0.05, 0) is 18.2 Å². The minimum absolute atomic E-state index is 0.0840. The van der Waals surface area contributed by atoms with Crippen LogP contribution >= 0.6 is 0 Å². The lowest BCUT2D eigenvalue weighted by molar-refractivity contribution is 0.0951. The number of aromatic nitrogens is 2. The lowest BCUT2D eigenvalue weighted by Gasteiger charge is -2.22. The van der Waals surface area contributed by atoms with Crippen LogP contribution in [0.5, 0.6) is 0 Å². The molecule has 0 bridgehead atoms. The Balaban J connectivity index is 1.76. The van der Waals surface area contributed by atoms with E-state index < -0.39 is 0 Å². The molecule has 1 aromatic heterocycles. The number of para-hydroxylation sites is 1.